The van der Waals surface area contributed by atoms with Crippen molar-refractivity contribution in [3.8, 4) is 5.75 Å². The molecule has 2 fully saturated rings. The number of carbonyl (C=O) groups excluding carboxylic acids is 1. The summed E-state index contributed by atoms with van der Waals surface area (Å²) >= 11 is 0. The maximum atomic E-state index is 13.0. The van der Waals surface area contributed by atoms with Crippen LogP contribution in [0, 0.1) is 6.92 Å². The molecule has 1 N–H and O–H groups in total. The Bertz CT molecular complexity index is 1450. The van der Waals surface area contributed by atoms with Crippen molar-refractivity contribution in [1.82, 2.24) is 24.6 Å². The highest BCUT2D eigenvalue weighted by Gasteiger charge is 2.30. The van der Waals surface area contributed by atoms with Gasteiger partial charge < -0.3 is 24.6 Å². The molecule has 0 aliphatic carbocycles. The largest absolute Gasteiger partial charge is 0.490 e. The highest BCUT2D eigenvalue weighted by molar-refractivity contribution is 7.85. The van der Waals surface area contributed by atoms with E-state index in [1.54, 1.807) is 16.6 Å². The highest BCUT2D eigenvalue weighted by atomic mass is 32.2. The Morgan fingerprint density at radius 2 is 1.88 bits per heavy atom. The van der Waals surface area contributed by atoms with Gasteiger partial charge in [0.2, 0.25) is 5.95 Å². The minimum absolute atomic E-state index is 0.0521. The number of hydrogen-bond acceptors (Lipinski definition) is 9. The number of benzene rings is 1. The van der Waals surface area contributed by atoms with Crippen LogP contribution in [0.4, 0.5) is 11.8 Å². The van der Waals surface area contributed by atoms with E-state index < -0.39 is 10.8 Å². The second-order valence-corrected chi connectivity index (χ2v) is 12.9. The molecule has 0 spiro atoms. The standard InChI is InChI=1S/C30H39N7O4S/c1-20-18-36(3)34-26(20)19-35(2)29(38)21-4-6-23(7-5-21)41-24-8-13-37(14-9-24)30-32-25-12-17-42(39)27(25)28(33-30)31-22-10-15-40-16-11-22/h4-7,18,22,24H,8-17,19H2,1-3H3,(H,31,32,33). The number of ether oxygens (including phenoxy) is 2. The Hall–Kier alpha value is -3.51. The number of hydrogen-bond donors (Lipinski definition) is 1. The molecule has 2 aromatic heterocycles. The number of amides is 1. The lowest BCUT2D eigenvalue weighted by atomic mass is 10.1. The van der Waals surface area contributed by atoms with E-state index in [0.29, 0.717) is 23.8 Å². The average molecular weight is 594 g/mol. The second kappa shape index (κ2) is 12.4. The molecule has 224 valence electrons. The smallest absolute Gasteiger partial charge is 0.253 e. The number of rotatable bonds is 8. The third kappa shape index (κ3) is 6.29. The van der Waals surface area contributed by atoms with Crippen molar-refractivity contribution in [3.63, 3.8) is 0 Å². The topological polar surface area (TPSA) is 115 Å². The lowest BCUT2D eigenvalue weighted by Gasteiger charge is -2.33. The van der Waals surface area contributed by atoms with Gasteiger partial charge in [-0.25, -0.2) is 4.98 Å². The molecule has 1 amide bonds. The van der Waals surface area contributed by atoms with Gasteiger partial charge in [-0.15, -0.1) is 0 Å². The first-order valence-corrected chi connectivity index (χ1v) is 16.1. The molecule has 1 aromatic carbocycles. The van der Waals surface area contributed by atoms with Crippen LogP contribution in [0.1, 0.15) is 53.0 Å². The molecule has 0 saturated carbocycles. The molecule has 3 aliphatic heterocycles. The maximum Gasteiger partial charge on any atom is 0.253 e. The summed E-state index contributed by atoms with van der Waals surface area (Å²) in [4.78, 5) is 27.4. The van der Waals surface area contributed by atoms with Crippen LogP contribution in [0.15, 0.2) is 35.4 Å². The molecular weight excluding hydrogens is 554 g/mol. The molecule has 5 heterocycles. The Balaban J connectivity index is 1.05. The van der Waals surface area contributed by atoms with Gasteiger partial charge in [-0.1, -0.05) is 0 Å². The van der Waals surface area contributed by atoms with Crippen molar-refractivity contribution >= 4 is 28.5 Å². The summed E-state index contributed by atoms with van der Waals surface area (Å²) in [6.07, 6.45) is 6.25. The van der Waals surface area contributed by atoms with Crippen LogP contribution in [0.3, 0.4) is 0 Å². The minimum Gasteiger partial charge on any atom is -0.490 e. The van der Waals surface area contributed by atoms with Gasteiger partial charge in [0.05, 0.1) is 28.7 Å². The van der Waals surface area contributed by atoms with Gasteiger partial charge in [0.15, 0.2) is 0 Å². The Morgan fingerprint density at radius 1 is 1.14 bits per heavy atom. The molecule has 2 saturated heterocycles. The van der Waals surface area contributed by atoms with E-state index in [4.69, 9.17) is 19.4 Å². The maximum absolute atomic E-state index is 13.0. The van der Waals surface area contributed by atoms with Crippen molar-refractivity contribution in [1.29, 1.82) is 0 Å². The normalized spacial score (nSPS) is 19.5. The summed E-state index contributed by atoms with van der Waals surface area (Å²) in [6, 6.07) is 7.66. The summed E-state index contributed by atoms with van der Waals surface area (Å²) < 4.78 is 26.3. The molecule has 6 rings (SSSR count). The zero-order valence-electron chi connectivity index (χ0n) is 24.5. The third-order valence-corrected chi connectivity index (χ3v) is 9.67. The van der Waals surface area contributed by atoms with Crippen LogP contribution >= 0.6 is 0 Å². The van der Waals surface area contributed by atoms with Gasteiger partial charge >= 0.3 is 0 Å². The van der Waals surface area contributed by atoms with E-state index in [1.807, 2.05) is 44.4 Å². The van der Waals surface area contributed by atoms with E-state index >= 15 is 0 Å². The molecule has 1 unspecified atom stereocenters. The van der Waals surface area contributed by atoms with E-state index in [9.17, 15) is 9.00 Å². The molecule has 1 atom stereocenters. The fraction of sp³-hybridized carbons (Fsp3) is 0.533. The highest BCUT2D eigenvalue weighted by Crippen LogP contribution is 2.32. The van der Waals surface area contributed by atoms with E-state index in [-0.39, 0.29) is 18.1 Å². The van der Waals surface area contributed by atoms with Crippen LogP contribution in [0.25, 0.3) is 0 Å². The minimum atomic E-state index is -1.06. The van der Waals surface area contributed by atoms with Crippen molar-refractivity contribution in [2.75, 3.05) is 49.3 Å². The van der Waals surface area contributed by atoms with Crippen LogP contribution in [0.2, 0.25) is 0 Å². The van der Waals surface area contributed by atoms with E-state index in [1.165, 1.54) is 0 Å². The van der Waals surface area contributed by atoms with Crippen molar-refractivity contribution in [2.24, 2.45) is 7.05 Å². The summed E-state index contributed by atoms with van der Waals surface area (Å²) in [5.74, 6) is 2.74. The zero-order chi connectivity index (χ0) is 29.2. The monoisotopic (exact) mass is 593 g/mol. The Labute approximate surface area is 249 Å². The predicted octanol–water partition coefficient (Wildman–Crippen LogP) is 3.09. The van der Waals surface area contributed by atoms with Crippen molar-refractivity contribution in [3.05, 3.63) is 53.0 Å². The average Bonchev–Trinajstić information content (AvgIpc) is 3.53. The van der Waals surface area contributed by atoms with Gasteiger partial charge in [-0.2, -0.15) is 10.1 Å². The number of nitrogens with zero attached hydrogens (tertiary/aromatic N) is 6. The lowest BCUT2D eigenvalue weighted by molar-refractivity contribution is 0.0783. The zero-order valence-corrected chi connectivity index (χ0v) is 25.4. The second-order valence-electron chi connectivity index (χ2n) is 11.4. The van der Waals surface area contributed by atoms with Crippen molar-refractivity contribution in [2.45, 2.75) is 62.6 Å². The Kier molecular flexibility index (Phi) is 8.43. The number of piperidine rings is 1. The molecule has 0 bridgehead atoms. The lowest BCUT2D eigenvalue weighted by Crippen LogP contribution is -2.39. The van der Waals surface area contributed by atoms with Gasteiger partial charge in [0, 0.05) is 83.2 Å². The SMILES string of the molecule is Cc1cn(C)nc1CN(C)C(=O)c1ccc(OC2CCN(c3nc4c(c(NC5CCOCC5)n3)S(=O)CC4)CC2)cc1. The predicted molar refractivity (Wildman–Crippen MR) is 161 cm³/mol. The molecule has 3 aliphatic rings. The van der Waals surface area contributed by atoms with Crippen LogP contribution < -0.4 is 15.0 Å². The summed E-state index contributed by atoms with van der Waals surface area (Å²) in [5, 5.41) is 8.01. The number of anilines is 2. The van der Waals surface area contributed by atoms with Crippen molar-refractivity contribution < 1.29 is 18.5 Å². The first-order valence-electron chi connectivity index (χ1n) is 14.7. The Morgan fingerprint density at radius 3 is 2.57 bits per heavy atom. The van der Waals surface area contributed by atoms with Gasteiger partial charge in [0.25, 0.3) is 5.91 Å². The summed E-state index contributed by atoms with van der Waals surface area (Å²) in [5.41, 5.74) is 3.49. The van der Waals surface area contributed by atoms with Gasteiger partial charge in [0.1, 0.15) is 22.6 Å². The number of carbonyl (C=O) groups is 1. The molecule has 3 aromatic rings. The quantitative estimate of drug-likeness (QED) is 0.421. The number of aromatic nitrogens is 4. The van der Waals surface area contributed by atoms with Gasteiger partial charge in [-0.3, -0.25) is 13.7 Å². The van der Waals surface area contributed by atoms with E-state index in [0.717, 1.165) is 91.8 Å². The molecule has 42 heavy (non-hydrogen) atoms. The number of fused-ring (bicyclic) bond motifs is 1. The third-order valence-electron chi connectivity index (χ3n) is 8.21. The summed E-state index contributed by atoms with van der Waals surface area (Å²) in [7, 11) is 2.62. The fourth-order valence-electron chi connectivity index (χ4n) is 5.83. The molecule has 11 nitrogen and oxygen atoms in total. The summed E-state index contributed by atoms with van der Waals surface area (Å²) in [6.45, 7) is 5.48. The number of nitrogens with one attached hydrogen (secondary N) is 1. The fourth-order valence-corrected chi connectivity index (χ4v) is 7.14. The molecule has 12 heteroatoms. The first-order chi connectivity index (χ1) is 20.3. The number of aryl methyl sites for hydroxylation is 3. The van der Waals surface area contributed by atoms with E-state index in [2.05, 4.69) is 15.3 Å². The molecular formula is C30H39N7O4S. The first kappa shape index (κ1) is 28.6. The van der Waals surface area contributed by atoms with Gasteiger partial charge in [-0.05, 0) is 49.6 Å². The van der Waals surface area contributed by atoms with Crippen LogP contribution in [0.5, 0.6) is 5.75 Å². The van der Waals surface area contributed by atoms with Crippen LogP contribution in [-0.2, 0) is 35.5 Å². The van der Waals surface area contributed by atoms with Crippen LogP contribution in [-0.4, -0.2) is 86.0 Å². The molecule has 0 radical (unpaired) electrons.